The highest BCUT2D eigenvalue weighted by atomic mass is 19.1. The van der Waals surface area contributed by atoms with Gasteiger partial charge in [0.25, 0.3) is 0 Å². The molecule has 0 heterocycles. The van der Waals surface area contributed by atoms with Gasteiger partial charge in [-0.3, -0.25) is 4.79 Å². The highest BCUT2D eigenvalue weighted by Crippen LogP contribution is 2.27. The fourth-order valence-corrected chi connectivity index (χ4v) is 1.77. The quantitative estimate of drug-likeness (QED) is 0.924. The first-order valence-electron chi connectivity index (χ1n) is 5.43. The molecule has 0 saturated heterocycles. The summed E-state index contributed by atoms with van der Waals surface area (Å²) in [5.74, 6) is -3.29. The smallest absolute Gasteiger partial charge is 0.307 e. The van der Waals surface area contributed by atoms with Gasteiger partial charge in [0.1, 0.15) is 17.5 Å². The minimum absolute atomic E-state index is 0.157. The van der Waals surface area contributed by atoms with E-state index in [1.165, 1.54) is 12.1 Å². The fourth-order valence-electron chi connectivity index (χ4n) is 1.77. The van der Waals surface area contributed by atoms with Crippen LogP contribution < -0.4 is 0 Å². The number of carboxylic acid groups (broad SMARTS) is 1. The number of aliphatic carboxylic acids is 1. The van der Waals surface area contributed by atoms with Crippen molar-refractivity contribution in [3.63, 3.8) is 0 Å². The highest BCUT2D eigenvalue weighted by Gasteiger charge is 2.13. The Balaban J connectivity index is 2.54. The first-order valence-corrected chi connectivity index (χ1v) is 5.43. The van der Waals surface area contributed by atoms with Gasteiger partial charge in [0.05, 0.1) is 6.42 Å². The van der Waals surface area contributed by atoms with Crippen LogP contribution in [0.2, 0.25) is 0 Å². The van der Waals surface area contributed by atoms with E-state index in [2.05, 4.69) is 0 Å². The Kier molecular flexibility index (Phi) is 3.55. The summed E-state index contributed by atoms with van der Waals surface area (Å²) in [5, 5.41) is 8.67. The molecular formula is C14H9F3O2. The number of benzene rings is 2. The molecule has 0 aliphatic carbocycles. The average Bonchev–Trinajstić information content (AvgIpc) is 2.34. The molecule has 0 aliphatic heterocycles. The Bertz CT molecular complexity index is 639. The van der Waals surface area contributed by atoms with Gasteiger partial charge in [-0.1, -0.05) is 6.07 Å². The van der Waals surface area contributed by atoms with E-state index in [0.717, 1.165) is 24.3 Å². The van der Waals surface area contributed by atoms with Gasteiger partial charge in [0, 0.05) is 11.1 Å². The van der Waals surface area contributed by atoms with Crippen LogP contribution in [0.1, 0.15) is 5.56 Å². The summed E-state index contributed by atoms with van der Waals surface area (Å²) in [4.78, 5) is 10.6. The van der Waals surface area contributed by atoms with Crippen LogP contribution in [0.15, 0.2) is 36.4 Å². The van der Waals surface area contributed by atoms with Gasteiger partial charge in [-0.05, 0) is 35.9 Å². The Hall–Kier alpha value is -2.30. The molecule has 2 aromatic carbocycles. The molecule has 0 saturated carbocycles. The second kappa shape index (κ2) is 5.14. The van der Waals surface area contributed by atoms with E-state index in [9.17, 15) is 18.0 Å². The predicted molar refractivity (Wildman–Crippen MR) is 63.1 cm³/mol. The van der Waals surface area contributed by atoms with Crippen molar-refractivity contribution < 1.29 is 23.1 Å². The number of halogens is 3. The van der Waals surface area contributed by atoms with Gasteiger partial charge < -0.3 is 5.11 Å². The lowest BCUT2D eigenvalue weighted by molar-refractivity contribution is -0.136. The Morgan fingerprint density at radius 1 is 0.947 bits per heavy atom. The molecule has 0 amide bonds. The first kappa shape index (κ1) is 13.1. The third-order valence-electron chi connectivity index (χ3n) is 2.60. The maximum Gasteiger partial charge on any atom is 0.307 e. The van der Waals surface area contributed by atoms with Crippen molar-refractivity contribution in [3.05, 3.63) is 59.4 Å². The zero-order valence-electron chi connectivity index (χ0n) is 9.66. The molecule has 1 N–H and O–H groups in total. The zero-order valence-corrected chi connectivity index (χ0v) is 9.66. The molecule has 2 aromatic rings. The summed E-state index contributed by atoms with van der Waals surface area (Å²) < 4.78 is 40.3. The molecule has 2 nitrogen and oxygen atoms in total. The third-order valence-corrected chi connectivity index (χ3v) is 2.60. The van der Waals surface area contributed by atoms with Crippen molar-refractivity contribution in [1.82, 2.24) is 0 Å². The summed E-state index contributed by atoms with van der Waals surface area (Å²) in [6, 6.07) is 6.24. The lowest BCUT2D eigenvalue weighted by Gasteiger charge is -2.07. The lowest BCUT2D eigenvalue weighted by atomic mass is 10.0. The SMILES string of the molecule is O=C(O)Cc1ccc(F)c(-c2cc(F)ccc2F)c1. The second-order valence-corrected chi connectivity index (χ2v) is 4.01. The summed E-state index contributed by atoms with van der Waals surface area (Å²) >= 11 is 0. The topological polar surface area (TPSA) is 37.3 Å². The lowest BCUT2D eigenvalue weighted by Crippen LogP contribution is -2.01. The summed E-state index contributed by atoms with van der Waals surface area (Å²) in [5.41, 5.74) is -0.0759. The second-order valence-electron chi connectivity index (χ2n) is 4.01. The van der Waals surface area contributed by atoms with Crippen LogP contribution in [0, 0.1) is 17.5 Å². The monoisotopic (exact) mass is 266 g/mol. The standard InChI is InChI=1S/C14H9F3O2/c15-9-2-4-13(17)11(7-9)10-5-8(6-14(18)19)1-3-12(10)16/h1-5,7H,6H2,(H,18,19). The van der Waals surface area contributed by atoms with Crippen LogP contribution in [-0.2, 0) is 11.2 Å². The summed E-state index contributed by atoms with van der Waals surface area (Å²) in [6.45, 7) is 0. The Labute approximate surface area is 107 Å². The van der Waals surface area contributed by atoms with Crippen molar-refractivity contribution in [3.8, 4) is 11.1 Å². The van der Waals surface area contributed by atoms with Crippen molar-refractivity contribution >= 4 is 5.97 Å². The fraction of sp³-hybridized carbons (Fsp3) is 0.0714. The Morgan fingerprint density at radius 2 is 1.53 bits per heavy atom. The normalized spacial score (nSPS) is 10.5. The van der Waals surface area contributed by atoms with E-state index in [4.69, 9.17) is 5.11 Å². The molecule has 0 bridgehead atoms. The van der Waals surface area contributed by atoms with E-state index >= 15 is 0 Å². The largest absolute Gasteiger partial charge is 0.481 e. The van der Waals surface area contributed by atoms with E-state index in [-0.39, 0.29) is 17.5 Å². The van der Waals surface area contributed by atoms with Crippen LogP contribution in [-0.4, -0.2) is 11.1 Å². The van der Waals surface area contributed by atoms with Crippen molar-refractivity contribution in [1.29, 1.82) is 0 Å². The van der Waals surface area contributed by atoms with Gasteiger partial charge in [-0.2, -0.15) is 0 Å². The van der Waals surface area contributed by atoms with Crippen LogP contribution in [0.3, 0.4) is 0 Å². The zero-order chi connectivity index (χ0) is 14.0. The molecule has 19 heavy (non-hydrogen) atoms. The summed E-state index contributed by atoms with van der Waals surface area (Å²) in [6.07, 6.45) is -0.315. The van der Waals surface area contributed by atoms with E-state index < -0.39 is 23.4 Å². The Morgan fingerprint density at radius 3 is 2.16 bits per heavy atom. The van der Waals surface area contributed by atoms with E-state index in [1.54, 1.807) is 0 Å². The van der Waals surface area contributed by atoms with Crippen LogP contribution in [0.25, 0.3) is 11.1 Å². The number of carbonyl (C=O) groups is 1. The summed E-state index contributed by atoms with van der Waals surface area (Å²) in [7, 11) is 0. The van der Waals surface area contributed by atoms with Gasteiger partial charge in [0.15, 0.2) is 0 Å². The molecular weight excluding hydrogens is 257 g/mol. The number of rotatable bonds is 3. The highest BCUT2D eigenvalue weighted by molar-refractivity contribution is 5.72. The molecule has 0 aromatic heterocycles. The molecule has 0 spiro atoms. The van der Waals surface area contributed by atoms with E-state index in [1.807, 2.05) is 0 Å². The van der Waals surface area contributed by atoms with Crippen LogP contribution >= 0.6 is 0 Å². The molecule has 5 heteroatoms. The molecule has 0 radical (unpaired) electrons. The third kappa shape index (κ3) is 2.93. The number of carboxylic acids is 1. The van der Waals surface area contributed by atoms with Crippen LogP contribution in [0.4, 0.5) is 13.2 Å². The minimum atomic E-state index is -1.09. The maximum absolute atomic E-state index is 13.7. The molecule has 0 fully saturated rings. The van der Waals surface area contributed by atoms with Gasteiger partial charge >= 0.3 is 5.97 Å². The average molecular weight is 266 g/mol. The van der Waals surface area contributed by atoms with Crippen molar-refractivity contribution in [2.24, 2.45) is 0 Å². The number of hydrogen-bond acceptors (Lipinski definition) is 1. The molecule has 0 aliphatic rings. The van der Waals surface area contributed by atoms with Gasteiger partial charge in [-0.25, -0.2) is 13.2 Å². The van der Waals surface area contributed by atoms with Gasteiger partial charge in [-0.15, -0.1) is 0 Å². The molecule has 0 atom stereocenters. The number of hydrogen-bond donors (Lipinski definition) is 1. The van der Waals surface area contributed by atoms with Crippen molar-refractivity contribution in [2.45, 2.75) is 6.42 Å². The first-order chi connectivity index (χ1) is 8.97. The van der Waals surface area contributed by atoms with Gasteiger partial charge in [0.2, 0.25) is 0 Å². The molecule has 98 valence electrons. The maximum atomic E-state index is 13.7. The molecule has 2 rings (SSSR count). The minimum Gasteiger partial charge on any atom is -0.481 e. The predicted octanol–water partition coefficient (Wildman–Crippen LogP) is 3.40. The van der Waals surface area contributed by atoms with E-state index in [0.29, 0.717) is 5.56 Å². The molecule has 0 unspecified atom stereocenters. The van der Waals surface area contributed by atoms with Crippen LogP contribution in [0.5, 0.6) is 0 Å². The van der Waals surface area contributed by atoms with Crippen molar-refractivity contribution in [2.75, 3.05) is 0 Å².